The van der Waals surface area contributed by atoms with Crippen molar-refractivity contribution in [2.24, 2.45) is 0 Å². The minimum atomic E-state index is 0.163. The van der Waals surface area contributed by atoms with Crippen LogP contribution in [0.3, 0.4) is 0 Å². The first-order valence-corrected chi connectivity index (χ1v) is 10.0. The van der Waals surface area contributed by atoms with Crippen LogP contribution >= 0.6 is 0 Å². The molecule has 2 aromatic carbocycles. The van der Waals surface area contributed by atoms with Crippen molar-refractivity contribution in [2.45, 2.75) is 6.42 Å². The van der Waals surface area contributed by atoms with E-state index in [1.165, 1.54) is 5.69 Å². The molecular weight excluding hydrogens is 366 g/mol. The lowest BCUT2D eigenvalue weighted by Gasteiger charge is -2.36. The van der Waals surface area contributed by atoms with Crippen molar-refractivity contribution >= 4 is 28.4 Å². The van der Waals surface area contributed by atoms with E-state index in [0.29, 0.717) is 13.0 Å². The van der Waals surface area contributed by atoms with E-state index in [1.54, 1.807) is 7.11 Å². The number of hydrogen-bond donors (Lipinski definition) is 2. The maximum atomic E-state index is 9.07. The Kier molecular flexibility index (Phi) is 5.95. The Labute approximate surface area is 171 Å². The topological polar surface area (TPSA) is 73.8 Å². The molecule has 0 unspecified atom stereocenters. The van der Waals surface area contributed by atoms with Gasteiger partial charge in [-0.2, -0.15) is 4.98 Å². The molecule has 0 amide bonds. The molecule has 0 radical (unpaired) electrons. The van der Waals surface area contributed by atoms with Gasteiger partial charge < -0.3 is 25.0 Å². The van der Waals surface area contributed by atoms with Gasteiger partial charge in [-0.3, -0.25) is 0 Å². The van der Waals surface area contributed by atoms with E-state index in [-0.39, 0.29) is 6.61 Å². The molecule has 0 aliphatic carbocycles. The number of aromatic nitrogens is 2. The minimum absolute atomic E-state index is 0.163. The number of anilines is 3. The van der Waals surface area contributed by atoms with Gasteiger partial charge in [0.15, 0.2) is 0 Å². The van der Waals surface area contributed by atoms with Gasteiger partial charge in [-0.05, 0) is 42.8 Å². The standard InChI is InChI=1S/C22H27N5O2/c1-29-18-9-7-17(8-10-18)26-12-14-27(15-13-26)22-24-20-6-3-2-5-19(20)21(25-22)23-11-4-16-28/h2-3,5-10,28H,4,11-16H2,1H3,(H,23,24,25). The molecule has 2 N–H and O–H groups in total. The fourth-order valence-corrected chi connectivity index (χ4v) is 3.58. The van der Waals surface area contributed by atoms with Crippen molar-refractivity contribution in [1.82, 2.24) is 9.97 Å². The van der Waals surface area contributed by atoms with Gasteiger partial charge in [-0.25, -0.2) is 4.98 Å². The largest absolute Gasteiger partial charge is 0.497 e. The summed E-state index contributed by atoms with van der Waals surface area (Å²) in [6, 6.07) is 16.2. The molecule has 0 spiro atoms. The smallest absolute Gasteiger partial charge is 0.228 e. The van der Waals surface area contributed by atoms with Gasteiger partial charge in [-0.1, -0.05) is 12.1 Å². The Balaban J connectivity index is 1.49. The molecule has 1 aliphatic heterocycles. The second kappa shape index (κ2) is 8.96. The summed E-state index contributed by atoms with van der Waals surface area (Å²) in [5.74, 6) is 2.46. The molecule has 4 rings (SSSR count). The highest BCUT2D eigenvalue weighted by Crippen LogP contribution is 2.25. The number of aliphatic hydroxyl groups excluding tert-OH is 1. The van der Waals surface area contributed by atoms with Crippen LogP contribution in [0.15, 0.2) is 48.5 Å². The number of para-hydroxylation sites is 1. The zero-order valence-electron chi connectivity index (χ0n) is 16.7. The molecule has 2 heterocycles. The third kappa shape index (κ3) is 4.35. The number of rotatable bonds is 7. The van der Waals surface area contributed by atoms with E-state index in [2.05, 4.69) is 27.2 Å². The Hall–Kier alpha value is -3.06. The lowest BCUT2D eigenvalue weighted by molar-refractivity contribution is 0.292. The van der Waals surface area contributed by atoms with Crippen LogP contribution in [0.1, 0.15) is 6.42 Å². The number of hydrogen-bond acceptors (Lipinski definition) is 7. The average Bonchev–Trinajstić information content (AvgIpc) is 2.79. The zero-order valence-corrected chi connectivity index (χ0v) is 16.7. The van der Waals surface area contributed by atoms with Crippen molar-refractivity contribution in [1.29, 1.82) is 0 Å². The summed E-state index contributed by atoms with van der Waals surface area (Å²) in [6.45, 7) is 4.39. The third-order valence-corrected chi connectivity index (χ3v) is 5.22. The highest BCUT2D eigenvalue weighted by Gasteiger charge is 2.20. The normalized spacial score (nSPS) is 14.3. The number of ether oxygens (including phenoxy) is 1. The van der Waals surface area contributed by atoms with E-state index in [4.69, 9.17) is 19.8 Å². The van der Waals surface area contributed by atoms with Gasteiger partial charge in [0.2, 0.25) is 5.95 Å². The van der Waals surface area contributed by atoms with Gasteiger partial charge in [0, 0.05) is 50.4 Å². The predicted molar refractivity (Wildman–Crippen MR) is 117 cm³/mol. The molecule has 1 aliphatic rings. The summed E-state index contributed by atoms with van der Waals surface area (Å²) in [7, 11) is 1.68. The quantitative estimate of drug-likeness (QED) is 0.598. The first-order valence-electron chi connectivity index (χ1n) is 10.0. The zero-order chi connectivity index (χ0) is 20.1. The van der Waals surface area contributed by atoms with Crippen molar-refractivity contribution in [2.75, 3.05) is 61.6 Å². The molecule has 7 nitrogen and oxygen atoms in total. The molecule has 1 aromatic heterocycles. The fraction of sp³-hybridized carbons (Fsp3) is 0.364. The van der Waals surface area contributed by atoms with Crippen LogP contribution in [0.25, 0.3) is 10.9 Å². The Morgan fingerprint density at radius 1 is 0.966 bits per heavy atom. The summed E-state index contributed by atoms with van der Waals surface area (Å²) < 4.78 is 5.25. The van der Waals surface area contributed by atoms with E-state index in [9.17, 15) is 0 Å². The van der Waals surface area contributed by atoms with E-state index >= 15 is 0 Å². The van der Waals surface area contributed by atoms with Crippen LogP contribution in [0.5, 0.6) is 5.75 Å². The van der Waals surface area contributed by atoms with Crippen molar-refractivity contribution < 1.29 is 9.84 Å². The Bertz CT molecular complexity index is 940. The first kappa shape index (κ1) is 19.3. The minimum Gasteiger partial charge on any atom is -0.497 e. The molecule has 152 valence electrons. The average molecular weight is 393 g/mol. The van der Waals surface area contributed by atoms with Crippen molar-refractivity contribution in [3.05, 3.63) is 48.5 Å². The van der Waals surface area contributed by atoms with Crippen LogP contribution in [-0.4, -0.2) is 61.5 Å². The Morgan fingerprint density at radius 3 is 2.41 bits per heavy atom. The third-order valence-electron chi connectivity index (χ3n) is 5.22. The van der Waals surface area contributed by atoms with Gasteiger partial charge in [-0.15, -0.1) is 0 Å². The van der Waals surface area contributed by atoms with Gasteiger partial charge >= 0.3 is 0 Å². The highest BCUT2D eigenvalue weighted by molar-refractivity contribution is 5.90. The fourth-order valence-electron chi connectivity index (χ4n) is 3.58. The summed E-state index contributed by atoms with van der Waals surface area (Å²) >= 11 is 0. The molecule has 29 heavy (non-hydrogen) atoms. The van der Waals surface area contributed by atoms with E-state index < -0.39 is 0 Å². The first-order chi connectivity index (χ1) is 14.3. The van der Waals surface area contributed by atoms with Crippen LogP contribution in [0.2, 0.25) is 0 Å². The SMILES string of the molecule is COc1ccc(N2CCN(c3nc(NCCCO)c4ccccc4n3)CC2)cc1. The number of nitrogens with zero attached hydrogens (tertiary/aromatic N) is 4. The monoisotopic (exact) mass is 393 g/mol. The number of methoxy groups -OCH3 is 1. The van der Waals surface area contributed by atoms with Crippen LogP contribution in [-0.2, 0) is 0 Å². The summed E-state index contributed by atoms with van der Waals surface area (Å²) in [4.78, 5) is 14.2. The summed E-state index contributed by atoms with van der Waals surface area (Å²) in [5.41, 5.74) is 2.14. The second-order valence-electron chi connectivity index (χ2n) is 7.07. The van der Waals surface area contributed by atoms with E-state index in [0.717, 1.165) is 54.6 Å². The molecular formula is C22H27N5O2. The lowest BCUT2D eigenvalue weighted by atomic mass is 10.2. The molecule has 3 aromatic rings. The summed E-state index contributed by atoms with van der Waals surface area (Å²) in [6.07, 6.45) is 0.689. The van der Waals surface area contributed by atoms with Gasteiger partial charge in [0.25, 0.3) is 0 Å². The van der Waals surface area contributed by atoms with Gasteiger partial charge in [0.05, 0.1) is 12.6 Å². The molecule has 0 saturated carbocycles. The summed E-state index contributed by atoms with van der Waals surface area (Å²) in [5, 5.41) is 13.4. The number of benzene rings is 2. The number of fused-ring (bicyclic) bond motifs is 1. The molecule has 1 saturated heterocycles. The Morgan fingerprint density at radius 2 is 1.69 bits per heavy atom. The number of aliphatic hydroxyl groups is 1. The molecule has 1 fully saturated rings. The van der Waals surface area contributed by atoms with Crippen molar-refractivity contribution in [3.63, 3.8) is 0 Å². The van der Waals surface area contributed by atoms with Crippen LogP contribution in [0.4, 0.5) is 17.5 Å². The molecule has 0 bridgehead atoms. The molecule has 7 heteroatoms. The van der Waals surface area contributed by atoms with E-state index in [1.807, 2.05) is 36.4 Å². The van der Waals surface area contributed by atoms with Crippen molar-refractivity contribution in [3.8, 4) is 5.75 Å². The van der Waals surface area contributed by atoms with Crippen LogP contribution < -0.4 is 19.9 Å². The number of nitrogens with one attached hydrogen (secondary N) is 1. The highest BCUT2D eigenvalue weighted by atomic mass is 16.5. The van der Waals surface area contributed by atoms with Crippen LogP contribution in [0, 0.1) is 0 Å². The second-order valence-corrected chi connectivity index (χ2v) is 7.07. The number of piperazine rings is 1. The molecule has 0 atom stereocenters. The lowest BCUT2D eigenvalue weighted by Crippen LogP contribution is -2.47. The van der Waals surface area contributed by atoms with Gasteiger partial charge in [0.1, 0.15) is 11.6 Å². The maximum absolute atomic E-state index is 9.07. The maximum Gasteiger partial charge on any atom is 0.228 e. The predicted octanol–water partition coefficient (Wildman–Crippen LogP) is 2.76.